The third-order valence-corrected chi connectivity index (χ3v) is 0.167. The number of aliphatic carboxylic acids is 8. The molecular formula is C18H32Cu4N2O16. The monoisotopic (exact) mass is 784 g/mol. The molecule has 0 aliphatic heterocycles. The Morgan fingerprint density at radius 1 is 0.325 bits per heavy atom. The molecule has 0 saturated carbocycles. The number of carbonyl (C=O) groups excluding carboxylic acids is 8. The fourth-order valence-electron chi connectivity index (χ4n) is 0. The Hall–Kier alpha value is -2.24. The van der Waals surface area contributed by atoms with Crippen molar-refractivity contribution in [3.8, 4) is 0 Å². The molecule has 0 aromatic heterocycles. The average molecular weight is 787 g/mol. The van der Waals surface area contributed by atoms with E-state index in [1.165, 1.54) is 0 Å². The first-order chi connectivity index (χ1) is 15.8. The Balaban J connectivity index is -0.0000000184. The van der Waals surface area contributed by atoms with E-state index in [-0.39, 0.29) is 68.3 Å². The summed E-state index contributed by atoms with van der Waals surface area (Å²) < 4.78 is 0. The molecule has 0 unspecified atom stereocenters. The summed E-state index contributed by atoms with van der Waals surface area (Å²) in [4.78, 5) is 71.1. The molecule has 0 rings (SSSR count). The van der Waals surface area contributed by atoms with Crippen molar-refractivity contribution in [2.45, 2.75) is 55.4 Å². The third kappa shape index (κ3) is 28000. The molecule has 0 atom stereocenters. The van der Waals surface area contributed by atoms with Crippen LogP contribution in [-0.2, 0) is 107 Å². The number of carboxylic acid groups (broad SMARTS) is 8. The Labute approximate surface area is 274 Å². The largest absolute Gasteiger partial charge is 2.00 e. The van der Waals surface area contributed by atoms with Gasteiger partial charge >= 0.3 is 68.3 Å². The molecule has 4 N–H and O–H groups in total. The Morgan fingerprint density at radius 3 is 0.350 bits per heavy atom. The van der Waals surface area contributed by atoms with Crippen LogP contribution in [0.2, 0.25) is 0 Å². The number of nitrogens with two attached hydrogens (primary N) is 2. The zero-order valence-electron chi connectivity index (χ0n) is 22.3. The molecule has 0 bridgehead atoms. The van der Waals surface area contributed by atoms with Crippen molar-refractivity contribution in [3.63, 3.8) is 0 Å². The van der Waals surface area contributed by atoms with Gasteiger partial charge in [-0.1, -0.05) is 0 Å². The van der Waals surface area contributed by atoms with Gasteiger partial charge in [0.05, 0.1) is 0 Å². The zero-order chi connectivity index (χ0) is 32.0. The van der Waals surface area contributed by atoms with Gasteiger partial charge in [0.25, 0.3) is 0 Å². The molecule has 0 saturated heterocycles. The van der Waals surface area contributed by atoms with E-state index in [1.807, 2.05) is 0 Å². The minimum Gasteiger partial charge on any atom is -0.550 e. The van der Waals surface area contributed by atoms with Crippen LogP contribution in [0.3, 0.4) is 0 Å². The molecule has 0 heterocycles. The number of carbonyl (C=O) groups is 8. The van der Waals surface area contributed by atoms with Crippen LogP contribution in [0.4, 0.5) is 0 Å². The molecule has 0 aromatic carbocycles. The predicted molar refractivity (Wildman–Crippen MR) is 104 cm³/mol. The van der Waals surface area contributed by atoms with E-state index in [1.54, 1.807) is 0 Å². The quantitative estimate of drug-likeness (QED) is 0.233. The standard InChI is InChI=1S/C2H8N2.8C2H4O2.4Cu/c3-1-2-4;8*1-2(3)4;;;;/h1-4H2;8*1H3,(H,3,4);;;;/q;;;;;;;;;4*+2/p-8. The molecule has 0 amide bonds. The van der Waals surface area contributed by atoms with Crippen molar-refractivity contribution in [3.05, 3.63) is 0 Å². The van der Waals surface area contributed by atoms with Crippen molar-refractivity contribution < 1.29 is 147 Å². The summed E-state index contributed by atoms with van der Waals surface area (Å²) in [6, 6.07) is 0. The van der Waals surface area contributed by atoms with Gasteiger partial charge in [-0.15, -0.1) is 0 Å². The van der Waals surface area contributed by atoms with Crippen LogP contribution in [0.1, 0.15) is 55.4 Å². The summed E-state index contributed by atoms with van der Waals surface area (Å²) in [6.45, 7) is 8.97. The predicted octanol–water partition coefficient (Wildman–Crippen LogP) is -11.1. The second kappa shape index (κ2) is 83.3. The van der Waals surface area contributed by atoms with Crippen molar-refractivity contribution >= 4 is 47.8 Å². The van der Waals surface area contributed by atoms with Gasteiger partial charge in [-0.25, -0.2) is 0 Å². The maximum absolute atomic E-state index is 8.89. The molecule has 0 aliphatic carbocycles. The fourth-order valence-corrected chi connectivity index (χ4v) is 0. The summed E-state index contributed by atoms with van der Waals surface area (Å²) in [5.74, 6) is -8.67. The fraction of sp³-hybridized carbons (Fsp3) is 0.556. The molecule has 0 aromatic rings. The van der Waals surface area contributed by atoms with Crippen LogP contribution < -0.4 is 52.3 Å². The van der Waals surface area contributed by atoms with Gasteiger partial charge in [-0.3, -0.25) is 0 Å². The molecule has 18 nitrogen and oxygen atoms in total. The van der Waals surface area contributed by atoms with Crippen LogP contribution in [0.15, 0.2) is 0 Å². The maximum atomic E-state index is 8.89. The van der Waals surface area contributed by atoms with Crippen molar-refractivity contribution in [2.24, 2.45) is 11.5 Å². The van der Waals surface area contributed by atoms with Gasteiger partial charge in [0, 0.05) is 60.8 Å². The molecule has 40 heavy (non-hydrogen) atoms. The first kappa shape index (κ1) is 83.2. The van der Waals surface area contributed by atoms with Crippen LogP contribution in [0.5, 0.6) is 0 Å². The number of rotatable bonds is 1. The van der Waals surface area contributed by atoms with Gasteiger partial charge in [-0.2, -0.15) is 0 Å². The molecule has 4 radical (unpaired) electrons. The first-order valence-corrected chi connectivity index (χ1v) is 8.58. The van der Waals surface area contributed by atoms with E-state index in [9.17, 15) is 0 Å². The zero-order valence-corrected chi connectivity index (χ0v) is 26.1. The van der Waals surface area contributed by atoms with Crippen LogP contribution >= 0.6 is 0 Å². The molecule has 0 fully saturated rings. The Kier molecular flexibility index (Phi) is 173. The number of hydrogen-bond acceptors (Lipinski definition) is 18. The summed E-state index contributed by atoms with van der Waals surface area (Å²) in [5.41, 5.74) is 9.81. The van der Waals surface area contributed by atoms with Gasteiger partial charge < -0.3 is 90.7 Å². The van der Waals surface area contributed by atoms with Crippen LogP contribution in [0, 0.1) is 0 Å². The van der Waals surface area contributed by atoms with Crippen LogP contribution in [-0.4, -0.2) is 60.8 Å². The second-order valence-electron chi connectivity index (χ2n) is 4.51. The topological polar surface area (TPSA) is 373 Å². The summed E-state index contributed by atoms with van der Waals surface area (Å²) in [5, 5.41) is 71.1. The van der Waals surface area contributed by atoms with E-state index in [0.717, 1.165) is 55.4 Å². The maximum Gasteiger partial charge on any atom is 2.00 e. The summed E-state index contributed by atoms with van der Waals surface area (Å²) in [7, 11) is 0. The Morgan fingerprint density at radius 2 is 0.350 bits per heavy atom. The first-order valence-electron chi connectivity index (χ1n) is 8.58. The SMILES string of the molecule is CC(=O)[O-].CC(=O)[O-].CC(=O)[O-].CC(=O)[O-].CC(=O)[O-].CC(=O)[O-].CC(=O)[O-].CC(=O)[O-].NCCN.[Cu+2].[Cu+2].[Cu+2].[Cu+2]. The van der Waals surface area contributed by atoms with Crippen molar-refractivity contribution in [1.29, 1.82) is 0 Å². The van der Waals surface area contributed by atoms with Crippen LogP contribution in [0.25, 0.3) is 0 Å². The number of carboxylic acids is 8. The molecule has 0 spiro atoms. The minimum atomic E-state index is -1.08. The van der Waals surface area contributed by atoms with Gasteiger partial charge in [0.15, 0.2) is 0 Å². The smallest absolute Gasteiger partial charge is 0.550 e. The normalized spacial score (nSPS) is 5.75. The van der Waals surface area contributed by atoms with E-state index >= 15 is 0 Å². The van der Waals surface area contributed by atoms with Crippen molar-refractivity contribution in [1.82, 2.24) is 0 Å². The van der Waals surface area contributed by atoms with E-state index < -0.39 is 47.8 Å². The van der Waals surface area contributed by atoms with Gasteiger partial charge in [-0.05, 0) is 55.4 Å². The minimum absolute atomic E-state index is 0. The summed E-state index contributed by atoms with van der Waals surface area (Å²) >= 11 is 0. The van der Waals surface area contributed by atoms with Crippen molar-refractivity contribution in [2.75, 3.05) is 13.1 Å². The molecular weight excluding hydrogens is 754 g/mol. The second-order valence-corrected chi connectivity index (χ2v) is 4.51. The molecule has 22 heteroatoms. The van der Waals surface area contributed by atoms with E-state index in [4.69, 9.17) is 90.7 Å². The number of hydrogen-bond donors (Lipinski definition) is 2. The van der Waals surface area contributed by atoms with Gasteiger partial charge in [0.1, 0.15) is 0 Å². The van der Waals surface area contributed by atoms with E-state index in [0.29, 0.717) is 13.1 Å². The summed E-state index contributed by atoms with van der Waals surface area (Å²) in [6.07, 6.45) is 0. The average Bonchev–Trinajstić information content (AvgIpc) is 2.50. The molecule has 0 aliphatic rings. The third-order valence-electron chi connectivity index (χ3n) is 0.167. The van der Waals surface area contributed by atoms with E-state index in [2.05, 4.69) is 0 Å². The van der Waals surface area contributed by atoms with Gasteiger partial charge in [0.2, 0.25) is 0 Å². The molecule has 254 valence electrons. The Bertz CT molecular complexity index is 418.